The lowest BCUT2D eigenvalue weighted by atomic mass is 10.1. The van der Waals surface area contributed by atoms with E-state index in [0.29, 0.717) is 5.92 Å². The van der Waals surface area contributed by atoms with Gasteiger partial charge >= 0.3 is 0 Å². The predicted molar refractivity (Wildman–Crippen MR) is 60.6 cm³/mol. The molecule has 3 heteroatoms. The second-order valence-corrected chi connectivity index (χ2v) is 4.45. The van der Waals surface area contributed by atoms with E-state index in [1.165, 1.54) is 6.42 Å². The summed E-state index contributed by atoms with van der Waals surface area (Å²) >= 11 is 3.47. The smallest absolute Gasteiger partial charge is 0.133 e. The Bertz CT molecular complexity index is 297. The zero-order chi connectivity index (χ0) is 9.80. The summed E-state index contributed by atoms with van der Waals surface area (Å²) in [6.07, 6.45) is 1.23. The molecule has 1 saturated heterocycles. The molecule has 76 valence electrons. The van der Waals surface area contributed by atoms with Crippen LogP contribution in [0, 0.1) is 5.92 Å². The molecule has 2 nitrogen and oxygen atoms in total. The zero-order valence-electron chi connectivity index (χ0n) is 8.00. The highest BCUT2D eigenvalue weighted by Crippen LogP contribution is 2.24. The van der Waals surface area contributed by atoms with Crippen molar-refractivity contribution in [3.05, 3.63) is 28.7 Å². The quantitative estimate of drug-likeness (QED) is 0.896. The Labute approximate surface area is 92.8 Å². The molecule has 2 rings (SSSR count). The van der Waals surface area contributed by atoms with Crippen LogP contribution in [0.5, 0.6) is 5.75 Å². The Morgan fingerprint density at radius 1 is 1.43 bits per heavy atom. The fourth-order valence-corrected chi connectivity index (χ4v) is 2.03. The van der Waals surface area contributed by atoms with Crippen LogP contribution in [-0.2, 0) is 0 Å². The Hall–Kier alpha value is -0.540. The molecule has 0 bridgehead atoms. The highest BCUT2D eigenvalue weighted by Gasteiger charge is 2.15. The average Bonchev–Trinajstić information content (AvgIpc) is 2.69. The average molecular weight is 256 g/mol. The molecular weight excluding hydrogens is 242 g/mol. The van der Waals surface area contributed by atoms with Gasteiger partial charge in [0.05, 0.1) is 11.1 Å². The van der Waals surface area contributed by atoms with E-state index >= 15 is 0 Å². The van der Waals surface area contributed by atoms with Gasteiger partial charge in [0, 0.05) is 12.5 Å². The SMILES string of the molecule is Brc1ccccc1OC[C@H]1CCNC1. The van der Waals surface area contributed by atoms with Gasteiger partial charge in [-0.05, 0) is 41.0 Å². The number of hydrogen-bond acceptors (Lipinski definition) is 2. The maximum atomic E-state index is 5.73. The zero-order valence-corrected chi connectivity index (χ0v) is 9.59. The van der Waals surface area contributed by atoms with Gasteiger partial charge in [0.15, 0.2) is 0 Å². The third kappa shape index (κ3) is 2.49. The van der Waals surface area contributed by atoms with Gasteiger partial charge in [-0.1, -0.05) is 12.1 Å². The lowest BCUT2D eigenvalue weighted by molar-refractivity contribution is 0.258. The molecule has 1 aliphatic heterocycles. The van der Waals surface area contributed by atoms with Crippen molar-refractivity contribution in [2.45, 2.75) is 6.42 Å². The summed E-state index contributed by atoms with van der Waals surface area (Å²) in [7, 11) is 0. The fourth-order valence-electron chi connectivity index (χ4n) is 1.63. The van der Waals surface area contributed by atoms with Crippen molar-refractivity contribution in [2.24, 2.45) is 5.92 Å². The summed E-state index contributed by atoms with van der Waals surface area (Å²) < 4.78 is 6.77. The second-order valence-electron chi connectivity index (χ2n) is 3.60. The highest BCUT2D eigenvalue weighted by molar-refractivity contribution is 9.10. The molecule has 1 atom stereocenters. The standard InChI is InChI=1S/C11H14BrNO/c12-10-3-1-2-4-11(10)14-8-9-5-6-13-7-9/h1-4,9,13H,5-8H2/t9-/m0/s1. The van der Waals surface area contributed by atoms with Crippen molar-refractivity contribution in [1.82, 2.24) is 5.32 Å². The number of ether oxygens (including phenoxy) is 1. The molecule has 0 radical (unpaired) electrons. The molecule has 1 heterocycles. The van der Waals surface area contributed by atoms with Gasteiger partial charge in [-0.25, -0.2) is 0 Å². The lowest BCUT2D eigenvalue weighted by Gasteiger charge is -2.11. The molecule has 14 heavy (non-hydrogen) atoms. The molecule has 1 aromatic rings. The van der Waals surface area contributed by atoms with Crippen LogP contribution in [0.1, 0.15) is 6.42 Å². The van der Waals surface area contributed by atoms with E-state index in [-0.39, 0.29) is 0 Å². The number of hydrogen-bond donors (Lipinski definition) is 1. The highest BCUT2D eigenvalue weighted by atomic mass is 79.9. The predicted octanol–water partition coefficient (Wildman–Crippen LogP) is 2.44. The normalized spacial score (nSPS) is 21.1. The molecule has 0 aliphatic carbocycles. The molecule has 0 aromatic heterocycles. The van der Waals surface area contributed by atoms with E-state index in [1.54, 1.807) is 0 Å². The van der Waals surface area contributed by atoms with E-state index in [1.807, 2.05) is 24.3 Å². The van der Waals surface area contributed by atoms with Gasteiger partial charge in [-0.2, -0.15) is 0 Å². The van der Waals surface area contributed by atoms with Gasteiger partial charge in [-0.15, -0.1) is 0 Å². The van der Waals surface area contributed by atoms with Crippen molar-refractivity contribution >= 4 is 15.9 Å². The summed E-state index contributed by atoms with van der Waals surface area (Å²) in [6, 6.07) is 7.98. The Kier molecular flexibility index (Phi) is 3.43. The van der Waals surface area contributed by atoms with Crippen LogP contribution in [0.2, 0.25) is 0 Å². The van der Waals surface area contributed by atoms with Gasteiger partial charge in [-0.3, -0.25) is 0 Å². The van der Waals surface area contributed by atoms with E-state index < -0.39 is 0 Å². The molecular formula is C11H14BrNO. The summed E-state index contributed by atoms with van der Waals surface area (Å²) in [5.41, 5.74) is 0. The molecule has 1 N–H and O–H groups in total. The molecule has 0 amide bonds. The Balaban J connectivity index is 1.88. The molecule has 1 aromatic carbocycles. The number of halogens is 1. The first-order chi connectivity index (χ1) is 6.86. The van der Waals surface area contributed by atoms with Crippen LogP contribution < -0.4 is 10.1 Å². The molecule has 1 fully saturated rings. The van der Waals surface area contributed by atoms with Crippen LogP contribution in [0.3, 0.4) is 0 Å². The maximum Gasteiger partial charge on any atom is 0.133 e. The van der Waals surface area contributed by atoms with Crippen molar-refractivity contribution in [3.63, 3.8) is 0 Å². The van der Waals surface area contributed by atoms with Gasteiger partial charge in [0.25, 0.3) is 0 Å². The van der Waals surface area contributed by atoms with Crippen molar-refractivity contribution < 1.29 is 4.74 Å². The van der Waals surface area contributed by atoms with E-state index in [4.69, 9.17) is 4.74 Å². The van der Waals surface area contributed by atoms with Crippen molar-refractivity contribution in [3.8, 4) is 5.75 Å². The minimum atomic E-state index is 0.669. The number of para-hydroxylation sites is 1. The summed E-state index contributed by atoms with van der Waals surface area (Å²) in [4.78, 5) is 0. The summed E-state index contributed by atoms with van der Waals surface area (Å²) in [5, 5.41) is 3.33. The molecule has 1 aliphatic rings. The van der Waals surface area contributed by atoms with Gasteiger partial charge < -0.3 is 10.1 Å². The minimum absolute atomic E-state index is 0.669. The van der Waals surface area contributed by atoms with Crippen LogP contribution in [-0.4, -0.2) is 19.7 Å². The lowest BCUT2D eigenvalue weighted by Crippen LogP contribution is -2.15. The molecule has 0 saturated carbocycles. The van der Waals surface area contributed by atoms with Crippen LogP contribution in [0.15, 0.2) is 28.7 Å². The monoisotopic (exact) mass is 255 g/mol. The maximum absolute atomic E-state index is 5.73. The van der Waals surface area contributed by atoms with Crippen LogP contribution >= 0.6 is 15.9 Å². The summed E-state index contributed by atoms with van der Waals surface area (Å²) in [5.74, 6) is 1.61. The van der Waals surface area contributed by atoms with Crippen molar-refractivity contribution in [1.29, 1.82) is 0 Å². The van der Waals surface area contributed by atoms with Gasteiger partial charge in [0.2, 0.25) is 0 Å². The van der Waals surface area contributed by atoms with Crippen LogP contribution in [0.25, 0.3) is 0 Å². The topological polar surface area (TPSA) is 21.3 Å². The second kappa shape index (κ2) is 4.80. The van der Waals surface area contributed by atoms with E-state index in [9.17, 15) is 0 Å². The van der Waals surface area contributed by atoms with E-state index in [0.717, 1.165) is 29.9 Å². The molecule has 0 spiro atoms. The third-order valence-corrected chi connectivity index (χ3v) is 3.13. The number of benzene rings is 1. The number of rotatable bonds is 3. The minimum Gasteiger partial charge on any atom is -0.492 e. The first kappa shape index (κ1) is 9.99. The van der Waals surface area contributed by atoms with Crippen LogP contribution in [0.4, 0.5) is 0 Å². The summed E-state index contributed by atoms with van der Waals surface area (Å²) in [6.45, 7) is 3.03. The first-order valence-corrected chi connectivity index (χ1v) is 5.73. The first-order valence-electron chi connectivity index (χ1n) is 4.94. The Morgan fingerprint density at radius 2 is 2.29 bits per heavy atom. The molecule has 0 unspecified atom stereocenters. The van der Waals surface area contributed by atoms with Gasteiger partial charge in [0.1, 0.15) is 5.75 Å². The van der Waals surface area contributed by atoms with E-state index in [2.05, 4.69) is 21.2 Å². The largest absolute Gasteiger partial charge is 0.492 e. The third-order valence-electron chi connectivity index (χ3n) is 2.47. The fraction of sp³-hybridized carbons (Fsp3) is 0.455. The number of nitrogens with one attached hydrogen (secondary N) is 1. The Morgan fingerprint density at radius 3 is 3.00 bits per heavy atom. The van der Waals surface area contributed by atoms with Crippen molar-refractivity contribution in [2.75, 3.05) is 19.7 Å².